The summed E-state index contributed by atoms with van der Waals surface area (Å²) in [6.45, 7) is 1.95. The largest absolute Gasteiger partial charge is 0.462 e. The van der Waals surface area contributed by atoms with E-state index in [2.05, 4.69) is 5.32 Å². The fourth-order valence-electron chi connectivity index (χ4n) is 2.13. The number of benzene rings is 2. The van der Waals surface area contributed by atoms with Gasteiger partial charge in [0.1, 0.15) is 0 Å². The monoisotopic (exact) mass is 405 g/mol. The van der Waals surface area contributed by atoms with E-state index in [-0.39, 0.29) is 17.3 Å². The summed E-state index contributed by atoms with van der Waals surface area (Å²) in [4.78, 5) is 44.2. The van der Waals surface area contributed by atoms with E-state index >= 15 is 0 Å². The maximum Gasteiger partial charge on any atom is 0.338 e. The summed E-state index contributed by atoms with van der Waals surface area (Å²) in [6.07, 6.45) is 0. The third kappa shape index (κ3) is 5.51. The number of ether oxygens (including phenoxy) is 1. The van der Waals surface area contributed by atoms with Gasteiger partial charge >= 0.3 is 5.97 Å². The minimum Gasteiger partial charge on any atom is -0.462 e. The van der Waals surface area contributed by atoms with Gasteiger partial charge in [0.05, 0.1) is 38.7 Å². The number of amides is 1. The van der Waals surface area contributed by atoms with Crippen LogP contribution in [0.25, 0.3) is 0 Å². The Morgan fingerprint density at radius 1 is 1.07 bits per heavy atom. The molecule has 0 aliphatic carbocycles. The Morgan fingerprint density at radius 3 is 2.32 bits per heavy atom. The maximum atomic E-state index is 12.1. The van der Waals surface area contributed by atoms with Crippen LogP contribution in [0.1, 0.15) is 17.3 Å². The number of carbonyl (C=O) groups is 2. The van der Waals surface area contributed by atoms with E-state index in [4.69, 9.17) is 4.74 Å². The van der Waals surface area contributed by atoms with Gasteiger partial charge in [-0.3, -0.25) is 25.0 Å². The van der Waals surface area contributed by atoms with Crippen molar-refractivity contribution >= 4 is 40.7 Å². The van der Waals surface area contributed by atoms with Crippen molar-refractivity contribution in [1.29, 1.82) is 0 Å². The van der Waals surface area contributed by atoms with Crippen molar-refractivity contribution in [1.82, 2.24) is 0 Å². The summed E-state index contributed by atoms with van der Waals surface area (Å²) in [5, 5.41) is 24.4. The number of nitro benzene ring substituents is 2. The van der Waals surface area contributed by atoms with E-state index in [9.17, 15) is 29.8 Å². The molecule has 0 heterocycles. The number of hydrogen-bond donors (Lipinski definition) is 1. The van der Waals surface area contributed by atoms with Crippen molar-refractivity contribution in [2.24, 2.45) is 0 Å². The molecular formula is C17H15N3O7S. The van der Waals surface area contributed by atoms with Crippen LogP contribution in [0.3, 0.4) is 0 Å². The number of nitrogens with one attached hydrogen (secondary N) is 1. The van der Waals surface area contributed by atoms with Gasteiger partial charge in [-0.25, -0.2) is 4.79 Å². The number of hydrogen-bond acceptors (Lipinski definition) is 8. The highest BCUT2D eigenvalue weighted by Crippen LogP contribution is 2.32. The van der Waals surface area contributed by atoms with Crippen LogP contribution in [0.15, 0.2) is 47.4 Å². The fraction of sp³-hybridized carbons (Fsp3) is 0.176. The number of esters is 1. The van der Waals surface area contributed by atoms with Crippen molar-refractivity contribution < 1.29 is 24.2 Å². The van der Waals surface area contributed by atoms with Gasteiger partial charge < -0.3 is 10.1 Å². The van der Waals surface area contributed by atoms with E-state index in [1.807, 2.05) is 0 Å². The van der Waals surface area contributed by atoms with Crippen LogP contribution in [0.2, 0.25) is 0 Å². The normalized spacial score (nSPS) is 10.2. The van der Waals surface area contributed by atoms with Gasteiger partial charge in [-0.1, -0.05) is 0 Å². The molecule has 0 aliphatic rings. The van der Waals surface area contributed by atoms with Crippen LogP contribution in [-0.4, -0.2) is 34.1 Å². The van der Waals surface area contributed by atoms with Crippen molar-refractivity contribution in [2.75, 3.05) is 17.7 Å². The Labute approximate surface area is 163 Å². The molecule has 0 radical (unpaired) electrons. The highest BCUT2D eigenvalue weighted by Gasteiger charge is 2.20. The molecule has 146 valence electrons. The molecule has 0 saturated heterocycles. The molecule has 0 atom stereocenters. The molecule has 1 amide bonds. The summed E-state index contributed by atoms with van der Waals surface area (Å²) in [7, 11) is 0. The van der Waals surface area contributed by atoms with Crippen LogP contribution in [0.4, 0.5) is 17.1 Å². The molecule has 2 aromatic carbocycles. The summed E-state index contributed by atoms with van der Waals surface area (Å²) in [5.74, 6) is -1.04. The number of non-ortho nitro benzene ring substituents is 1. The fourth-order valence-corrected chi connectivity index (χ4v) is 2.93. The summed E-state index contributed by atoms with van der Waals surface area (Å²) in [5.41, 5.74) is -0.0550. The Morgan fingerprint density at radius 2 is 1.75 bits per heavy atom. The molecule has 10 nitrogen and oxygen atoms in total. The predicted octanol–water partition coefficient (Wildman–Crippen LogP) is 3.41. The average molecular weight is 405 g/mol. The minimum absolute atomic E-state index is 0.141. The van der Waals surface area contributed by atoms with Gasteiger partial charge in [0.2, 0.25) is 5.91 Å². The van der Waals surface area contributed by atoms with Gasteiger partial charge in [0.25, 0.3) is 11.4 Å². The van der Waals surface area contributed by atoms with Crippen molar-refractivity contribution in [3.05, 3.63) is 68.3 Å². The summed E-state index contributed by atoms with van der Waals surface area (Å²) >= 11 is 0.887. The summed E-state index contributed by atoms with van der Waals surface area (Å²) in [6, 6.07) is 9.30. The van der Waals surface area contributed by atoms with Crippen molar-refractivity contribution in [2.45, 2.75) is 11.8 Å². The lowest BCUT2D eigenvalue weighted by Gasteiger charge is -2.07. The van der Waals surface area contributed by atoms with Crippen LogP contribution < -0.4 is 5.32 Å². The SMILES string of the molecule is CCOC(=O)c1ccc(NC(=O)CSc2ccc([N+](=O)[O-])cc2[N+](=O)[O-])cc1. The topological polar surface area (TPSA) is 142 Å². The van der Waals surface area contributed by atoms with Crippen LogP contribution >= 0.6 is 11.8 Å². The zero-order valence-electron chi connectivity index (χ0n) is 14.6. The highest BCUT2D eigenvalue weighted by atomic mass is 32.2. The van der Waals surface area contributed by atoms with Crippen LogP contribution in [0, 0.1) is 20.2 Å². The smallest absolute Gasteiger partial charge is 0.338 e. The second-order valence-corrected chi connectivity index (χ2v) is 6.32. The molecule has 0 aliphatic heterocycles. The van der Waals surface area contributed by atoms with E-state index in [0.717, 1.165) is 23.9 Å². The number of nitro groups is 2. The predicted molar refractivity (Wildman–Crippen MR) is 102 cm³/mol. The van der Waals surface area contributed by atoms with Gasteiger partial charge in [0.15, 0.2) is 0 Å². The van der Waals surface area contributed by atoms with Gasteiger partial charge in [-0.15, -0.1) is 11.8 Å². The number of thioether (sulfide) groups is 1. The van der Waals surface area contributed by atoms with E-state index < -0.39 is 33.1 Å². The Kier molecular flexibility index (Phi) is 7.04. The number of nitrogens with zero attached hydrogens (tertiary/aromatic N) is 2. The number of anilines is 1. The summed E-state index contributed by atoms with van der Waals surface area (Å²) < 4.78 is 4.86. The molecule has 2 aromatic rings. The molecule has 0 aromatic heterocycles. The van der Waals surface area contributed by atoms with Gasteiger partial charge in [0, 0.05) is 11.8 Å². The molecule has 0 spiro atoms. The quantitative estimate of drug-likeness (QED) is 0.305. The first-order valence-electron chi connectivity index (χ1n) is 7.94. The van der Waals surface area contributed by atoms with E-state index in [1.165, 1.54) is 30.3 Å². The zero-order chi connectivity index (χ0) is 20.7. The van der Waals surface area contributed by atoms with Crippen LogP contribution in [0.5, 0.6) is 0 Å². The average Bonchev–Trinajstić information content (AvgIpc) is 2.66. The highest BCUT2D eigenvalue weighted by molar-refractivity contribution is 8.00. The van der Waals surface area contributed by atoms with Crippen molar-refractivity contribution in [3.8, 4) is 0 Å². The van der Waals surface area contributed by atoms with Crippen molar-refractivity contribution in [3.63, 3.8) is 0 Å². The molecule has 0 bridgehead atoms. The second-order valence-electron chi connectivity index (χ2n) is 5.30. The molecule has 0 saturated carbocycles. The zero-order valence-corrected chi connectivity index (χ0v) is 15.4. The molecule has 2 rings (SSSR count). The van der Waals surface area contributed by atoms with Gasteiger partial charge in [-0.05, 0) is 37.3 Å². The Bertz CT molecular complexity index is 915. The lowest BCUT2D eigenvalue weighted by molar-refractivity contribution is -0.396. The Balaban J connectivity index is 2.00. The van der Waals surface area contributed by atoms with E-state index in [0.29, 0.717) is 11.3 Å². The first-order chi connectivity index (χ1) is 13.3. The first-order valence-corrected chi connectivity index (χ1v) is 8.93. The van der Waals surface area contributed by atoms with E-state index in [1.54, 1.807) is 6.92 Å². The lowest BCUT2D eigenvalue weighted by Crippen LogP contribution is -2.14. The standard InChI is InChI=1S/C17H15N3O7S/c1-2-27-17(22)11-3-5-12(6-4-11)18-16(21)10-28-15-8-7-13(19(23)24)9-14(15)20(25)26/h3-9H,2,10H2,1H3,(H,18,21). The molecular weight excluding hydrogens is 390 g/mol. The third-order valence-corrected chi connectivity index (χ3v) is 4.45. The van der Waals surface area contributed by atoms with Gasteiger partial charge in [-0.2, -0.15) is 0 Å². The van der Waals surface area contributed by atoms with Crippen LogP contribution in [-0.2, 0) is 9.53 Å². The number of carbonyl (C=O) groups excluding carboxylic acids is 2. The minimum atomic E-state index is -0.735. The molecule has 11 heteroatoms. The first kappa shape index (κ1) is 20.8. The molecule has 1 N–H and O–H groups in total. The third-order valence-electron chi connectivity index (χ3n) is 3.39. The second kappa shape index (κ2) is 9.46. The Hall–Kier alpha value is -3.47. The molecule has 0 fully saturated rings. The molecule has 0 unspecified atom stereocenters. The maximum absolute atomic E-state index is 12.1. The number of rotatable bonds is 8. The molecule has 28 heavy (non-hydrogen) atoms. The lowest BCUT2D eigenvalue weighted by atomic mass is 10.2.